The van der Waals surface area contributed by atoms with Gasteiger partial charge in [0.1, 0.15) is 17.5 Å². The number of aryl methyl sites for hydroxylation is 1. The van der Waals surface area contributed by atoms with Crippen LogP contribution < -0.4 is 0 Å². The van der Waals surface area contributed by atoms with Crippen LogP contribution in [0, 0.1) is 13.8 Å². The summed E-state index contributed by atoms with van der Waals surface area (Å²) in [5.41, 5.74) is 0.777. The van der Waals surface area contributed by atoms with Crippen molar-refractivity contribution in [3.63, 3.8) is 0 Å². The summed E-state index contributed by atoms with van der Waals surface area (Å²) in [5, 5.41) is 4.37. The second kappa shape index (κ2) is 5.85. The summed E-state index contributed by atoms with van der Waals surface area (Å²) in [6.45, 7) is 3.12. The van der Waals surface area contributed by atoms with Gasteiger partial charge in [-0.25, -0.2) is 14.6 Å². The Morgan fingerprint density at radius 3 is 2.36 bits per heavy atom. The minimum atomic E-state index is -4.41. The van der Waals surface area contributed by atoms with Crippen molar-refractivity contribution in [2.75, 3.05) is 14.1 Å². The Kier molecular flexibility index (Phi) is 4.44. The van der Waals surface area contributed by atoms with Crippen LogP contribution in [-0.2, 0) is 0 Å². The van der Waals surface area contributed by atoms with Gasteiger partial charge in [0.05, 0.1) is 5.69 Å². The minimum absolute atomic E-state index is 0.118. The predicted molar refractivity (Wildman–Crippen MR) is 76.1 cm³/mol. The monoisotopic (exact) mass is 333 g/mol. The van der Waals surface area contributed by atoms with Crippen LogP contribution in [0.3, 0.4) is 0 Å². The molecule has 0 fully saturated rings. The third kappa shape index (κ3) is 3.07. The first-order chi connectivity index (χ1) is 10.1. The Bertz CT molecular complexity index is 681. The van der Waals surface area contributed by atoms with Crippen molar-refractivity contribution < 1.29 is 13.2 Å². The molecule has 0 aliphatic rings. The Morgan fingerprint density at radius 2 is 1.86 bits per heavy atom. The van der Waals surface area contributed by atoms with Crippen LogP contribution in [0.2, 0.25) is 5.15 Å². The lowest BCUT2D eigenvalue weighted by Crippen LogP contribution is -2.34. The van der Waals surface area contributed by atoms with Crippen LogP contribution in [0.15, 0.2) is 12.4 Å². The molecule has 0 spiro atoms. The summed E-state index contributed by atoms with van der Waals surface area (Å²) >= 11 is 5.80. The molecule has 0 aliphatic heterocycles. The van der Waals surface area contributed by atoms with Gasteiger partial charge in [0, 0.05) is 17.3 Å². The van der Waals surface area contributed by atoms with E-state index >= 15 is 0 Å². The molecular weight excluding hydrogens is 319 g/mol. The first-order valence-corrected chi connectivity index (χ1v) is 6.78. The van der Waals surface area contributed by atoms with Gasteiger partial charge in [-0.2, -0.15) is 18.3 Å². The number of hydrogen-bond donors (Lipinski definition) is 0. The topological polar surface area (TPSA) is 46.8 Å². The number of hydrogen-bond acceptors (Lipinski definition) is 4. The van der Waals surface area contributed by atoms with Crippen LogP contribution in [0.5, 0.6) is 0 Å². The second-order valence-corrected chi connectivity index (χ2v) is 5.49. The molecule has 0 radical (unpaired) electrons. The van der Waals surface area contributed by atoms with Crippen molar-refractivity contribution in [1.29, 1.82) is 0 Å². The van der Waals surface area contributed by atoms with Crippen LogP contribution in [0.4, 0.5) is 13.2 Å². The minimum Gasteiger partial charge on any atom is -0.295 e. The SMILES string of the molecule is Cc1nn(-c2cc(Cl)ncn2)c(C)c1C(N(C)C)C(F)(F)F. The smallest absolute Gasteiger partial charge is 0.295 e. The van der Waals surface area contributed by atoms with E-state index in [2.05, 4.69) is 15.1 Å². The first-order valence-electron chi connectivity index (χ1n) is 6.40. The maximum atomic E-state index is 13.4. The summed E-state index contributed by atoms with van der Waals surface area (Å²) in [4.78, 5) is 8.87. The standard InChI is InChI=1S/C13H15ClF3N5/c1-7-11(12(21(3)4)13(15,16)17)8(2)22(20-7)10-5-9(14)18-6-19-10/h5-6,12H,1-4H3. The van der Waals surface area contributed by atoms with E-state index in [0.29, 0.717) is 17.2 Å². The lowest BCUT2D eigenvalue weighted by Gasteiger charge is -2.27. The third-order valence-corrected chi connectivity index (χ3v) is 3.49. The molecule has 2 heterocycles. The van der Waals surface area contributed by atoms with E-state index in [1.807, 2.05) is 0 Å². The van der Waals surface area contributed by atoms with Gasteiger partial charge in [-0.1, -0.05) is 11.6 Å². The van der Waals surface area contributed by atoms with Crippen molar-refractivity contribution in [1.82, 2.24) is 24.6 Å². The zero-order valence-corrected chi connectivity index (χ0v) is 13.2. The number of aromatic nitrogens is 4. The van der Waals surface area contributed by atoms with E-state index in [4.69, 9.17) is 11.6 Å². The molecule has 5 nitrogen and oxygen atoms in total. The van der Waals surface area contributed by atoms with E-state index in [-0.39, 0.29) is 10.7 Å². The molecule has 0 aliphatic carbocycles. The first kappa shape index (κ1) is 16.7. The zero-order valence-electron chi connectivity index (χ0n) is 12.5. The van der Waals surface area contributed by atoms with E-state index < -0.39 is 12.2 Å². The van der Waals surface area contributed by atoms with E-state index in [0.717, 1.165) is 4.90 Å². The van der Waals surface area contributed by atoms with E-state index in [9.17, 15) is 13.2 Å². The molecule has 0 amide bonds. The van der Waals surface area contributed by atoms with Crippen molar-refractivity contribution in [2.45, 2.75) is 26.1 Å². The molecule has 9 heteroatoms. The summed E-state index contributed by atoms with van der Waals surface area (Å²) in [7, 11) is 2.77. The summed E-state index contributed by atoms with van der Waals surface area (Å²) in [5.74, 6) is 0.325. The maximum Gasteiger partial charge on any atom is 0.408 e. The number of rotatable bonds is 3. The molecule has 1 unspecified atom stereocenters. The lowest BCUT2D eigenvalue weighted by molar-refractivity contribution is -0.179. The molecule has 22 heavy (non-hydrogen) atoms. The van der Waals surface area contributed by atoms with Crippen LogP contribution in [0.1, 0.15) is 23.0 Å². The van der Waals surface area contributed by atoms with Gasteiger partial charge in [0.15, 0.2) is 5.82 Å². The number of alkyl halides is 3. The maximum absolute atomic E-state index is 13.4. The molecule has 2 aromatic rings. The summed E-state index contributed by atoms with van der Waals surface area (Å²) in [6, 6.07) is -0.290. The molecule has 0 N–H and O–H groups in total. The molecule has 2 rings (SSSR count). The van der Waals surface area contributed by atoms with Crippen molar-refractivity contribution in [2.24, 2.45) is 0 Å². The van der Waals surface area contributed by atoms with Gasteiger partial charge in [-0.15, -0.1) is 0 Å². The van der Waals surface area contributed by atoms with Gasteiger partial charge in [0.25, 0.3) is 0 Å². The number of halogens is 4. The van der Waals surface area contributed by atoms with Crippen LogP contribution in [-0.4, -0.2) is 44.9 Å². The quantitative estimate of drug-likeness (QED) is 0.810. The van der Waals surface area contributed by atoms with Gasteiger partial charge in [-0.05, 0) is 27.9 Å². The highest BCUT2D eigenvalue weighted by Crippen LogP contribution is 2.39. The van der Waals surface area contributed by atoms with E-state index in [1.165, 1.54) is 31.2 Å². The van der Waals surface area contributed by atoms with E-state index in [1.54, 1.807) is 13.8 Å². The molecule has 2 aromatic heterocycles. The summed E-state index contributed by atoms with van der Waals surface area (Å²) < 4.78 is 41.4. The molecule has 0 aromatic carbocycles. The zero-order chi connectivity index (χ0) is 16.7. The van der Waals surface area contributed by atoms with Crippen molar-refractivity contribution in [3.8, 4) is 5.82 Å². The molecule has 0 bridgehead atoms. The fourth-order valence-corrected chi connectivity index (χ4v) is 2.57. The Balaban J connectivity index is 2.61. The summed E-state index contributed by atoms with van der Waals surface area (Å²) in [6.07, 6.45) is -3.17. The lowest BCUT2D eigenvalue weighted by atomic mass is 10.0. The second-order valence-electron chi connectivity index (χ2n) is 5.10. The Labute approximate surface area is 130 Å². The van der Waals surface area contributed by atoms with Gasteiger partial charge in [-0.3, -0.25) is 4.90 Å². The highest BCUT2D eigenvalue weighted by atomic mass is 35.5. The van der Waals surface area contributed by atoms with Crippen LogP contribution in [0.25, 0.3) is 5.82 Å². The fraction of sp³-hybridized carbons (Fsp3) is 0.462. The molecule has 1 atom stereocenters. The van der Waals surface area contributed by atoms with Crippen molar-refractivity contribution in [3.05, 3.63) is 34.5 Å². The molecule has 120 valence electrons. The van der Waals surface area contributed by atoms with Gasteiger partial charge < -0.3 is 0 Å². The highest BCUT2D eigenvalue weighted by molar-refractivity contribution is 6.29. The highest BCUT2D eigenvalue weighted by Gasteiger charge is 2.45. The molecule has 0 saturated carbocycles. The fourth-order valence-electron chi connectivity index (χ4n) is 2.43. The third-order valence-electron chi connectivity index (χ3n) is 3.28. The van der Waals surface area contributed by atoms with Gasteiger partial charge >= 0.3 is 6.18 Å². The molecule has 0 saturated heterocycles. The average Bonchev–Trinajstić information content (AvgIpc) is 2.65. The Hall–Kier alpha value is -1.67. The van der Waals surface area contributed by atoms with Crippen LogP contribution >= 0.6 is 11.6 Å². The predicted octanol–water partition coefficient (Wildman–Crippen LogP) is 3.10. The van der Waals surface area contributed by atoms with Gasteiger partial charge in [0.2, 0.25) is 0 Å². The Morgan fingerprint density at radius 1 is 1.23 bits per heavy atom. The normalized spacial score (nSPS) is 13.7. The van der Waals surface area contributed by atoms with Crippen molar-refractivity contribution >= 4 is 11.6 Å². The number of nitrogens with zero attached hydrogens (tertiary/aromatic N) is 5. The average molecular weight is 334 g/mol. The largest absolute Gasteiger partial charge is 0.408 e. The molecular formula is C13H15ClF3N5.